The smallest absolute Gasteiger partial charge is 0.131 e. The van der Waals surface area contributed by atoms with Crippen molar-refractivity contribution in [2.75, 3.05) is 4.72 Å². The molecule has 0 unspecified atom stereocenters. The molecule has 100 valence electrons. The van der Waals surface area contributed by atoms with Gasteiger partial charge in [-0.3, -0.25) is 0 Å². The molecule has 2 aromatic rings. The fourth-order valence-electron chi connectivity index (χ4n) is 1.80. The van der Waals surface area contributed by atoms with Crippen molar-refractivity contribution in [2.24, 2.45) is 0 Å². The van der Waals surface area contributed by atoms with Gasteiger partial charge in [-0.25, -0.2) is 8.78 Å². The molecule has 0 aromatic heterocycles. The third kappa shape index (κ3) is 3.47. The first kappa shape index (κ1) is 13.9. The summed E-state index contributed by atoms with van der Waals surface area (Å²) < 4.78 is 30.5. The Hall–Kier alpha value is -1.55. The first-order valence-corrected chi connectivity index (χ1v) is 6.86. The summed E-state index contributed by atoms with van der Waals surface area (Å²) in [5.41, 5.74) is 0.559. The lowest BCUT2D eigenvalue weighted by atomic mass is 10.0. The maximum atomic E-state index is 13.8. The Kier molecular flexibility index (Phi) is 4.43. The Morgan fingerprint density at radius 2 is 1.58 bits per heavy atom. The van der Waals surface area contributed by atoms with Gasteiger partial charge in [-0.15, -0.1) is 0 Å². The van der Waals surface area contributed by atoms with E-state index in [0.717, 1.165) is 4.90 Å². The Morgan fingerprint density at radius 3 is 2.11 bits per heavy atom. The second-order valence-electron chi connectivity index (χ2n) is 4.53. The van der Waals surface area contributed by atoms with Crippen molar-refractivity contribution in [1.82, 2.24) is 0 Å². The predicted molar refractivity (Wildman–Crippen MR) is 76.4 cm³/mol. The molecule has 4 heteroatoms. The summed E-state index contributed by atoms with van der Waals surface area (Å²) in [5, 5.41) is 0. The molecule has 0 heterocycles. The van der Waals surface area contributed by atoms with Crippen molar-refractivity contribution >= 4 is 17.6 Å². The molecule has 0 aliphatic rings. The van der Waals surface area contributed by atoms with E-state index in [-0.39, 0.29) is 11.5 Å². The molecule has 0 saturated heterocycles. The van der Waals surface area contributed by atoms with E-state index in [4.69, 9.17) is 0 Å². The first-order chi connectivity index (χ1) is 9.08. The Labute approximate surface area is 116 Å². The van der Waals surface area contributed by atoms with Gasteiger partial charge >= 0.3 is 0 Å². The maximum Gasteiger partial charge on any atom is 0.131 e. The quantitative estimate of drug-likeness (QED) is 0.771. The van der Waals surface area contributed by atoms with Gasteiger partial charge in [-0.2, -0.15) is 0 Å². The zero-order valence-electron chi connectivity index (χ0n) is 10.8. The summed E-state index contributed by atoms with van der Waals surface area (Å²) in [6.45, 7) is 3.54. The van der Waals surface area contributed by atoms with Crippen LogP contribution in [0.25, 0.3) is 0 Å². The van der Waals surface area contributed by atoms with Crippen molar-refractivity contribution in [3.05, 3.63) is 59.7 Å². The van der Waals surface area contributed by atoms with Gasteiger partial charge in [-0.1, -0.05) is 32.0 Å². The van der Waals surface area contributed by atoms with Crippen LogP contribution in [0.2, 0.25) is 0 Å². The molecule has 19 heavy (non-hydrogen) atoms. The van der Waals surface area contributed by atoms with Crippen LogP contribution < -0.4 is 4.72 Å². The van der Waals surface area contributed by atoms with Crippen LogP contribution in [0.1, 0.15) is 25.3 Å². The summed E-state index contributed by atoms with van der Waals surface area (Å²) in [4.78, 5) is 0.983. The maximum absolute atomic E-state index is 13.8. The lowest BCUT2D eigenvalue weighted by molar-refractivity contribution is 0.543. The molecule has 0 fully saturated rings. The lowest BCUT2D eigenvalue weighted by Crippen LogP contribution is -2.00. The number of hydrogen-bond donors (Lipinski definition) is 1. The van der Waals surface area contributed by atoms with E-state index < -0.39 is 11.6 Å². The average molecular weight is 279 g/mol. The molecule has 0 saturated carbocycles. The third-order valence-corrected chi connectivity index (χ3v) is 3.53. The molecular weight excluding hydrogens is 264 g/mol. The highest BCUT2D eigenvalue weighted by Crippen LogP contribution is 2.28. The molecule has 0 bridgehead atoms. The SMILES string of the molecule is CC(C)c1c(F)cc(NSc2ccccc2)cc1F. The highest BCUT2D eigenvalue weighted by Gasteiger charge is 2.14. The van der Waals surface area contributed by atoms with Gasteiger partial charge in [0, 0.05) is 10.5 Å². The van der Waals surface area contributed by atoms with Crippen molar-refractivity contribution in [2.45, 2.75) is 24.7 Å². The normalized spacial score (nSPS) is 10.8. The molecular formula is C15H15F2NS. The van der Waals surface area contributed by atoms with Crippen LogP contribution in [-0.4, -0.2) is 0 Å². The summed E-state index contributed by atoms with van der Waals surface area (Å²) in [5.74, 6) is -1.19. The Balaban J connectivity index is 2.14. The van der Waals surface area contributed by atoms with E-state index >= 15 is 0 Å². The second kappa shape index (κ2) is 6.06. The number of nitrogens with one attached hydrogen (secondary N) is 1. The van der Waals surface area contributed by atoms with Gasteiger partial charge < -0.3 is 4.72 Å². The molecule has 0 atom stereocenters. The minimum atomic E-state index is -0.508. The van der Waals surface area contributed by atoms with Crippen molar-refractivity contribution < 1.29 is 8.78 Å². The molecule has 0 radical (unpaired) electrons. The lowest BCUT2D eigenvalue weighted by Gasteiger charge is -2.11. The van der Waals surface area contributed by atoms with Gasteiger partial charge in [0.05, 0.1) is 5.69 Å². The molecule has 2 aromatic carbocycles. The van der Waals surface area contributed by atoms with Gasteiger partial charge in [0.15, 0.2) is 0 Å². The van der Waals surface area contributed by atoms with Gasteiger partial charge in [0.2, 0.25) is 0 Å². The van der Waals surface area contributed by atoms with Crippen molar-refractivity contribution in [1.29, 1.82) is 0 Å². The number of hydrogen-bond acceptors (Lipinski definition) is 2. The number of halogens is 2. The average Bonchev–Trinajstić information content (AvgIpc) is 2.36. The monoisotopic (exact) mass is 279 g/mol. The Bertz CT molecular complexity index is 532. The van der Waals surface area contributed by atoms with E-state index in [9.17, 15) is 8.78 Å². The van der Waals surface area contributed by atoms with Gasteiger partial charge in [-0.05, 0) is 42.1 Å². The van der Waals surface area contributed by atoms with Crippen LogP contribution in [-0.2, 0) is 0 Å². The van der Waals surface area contributed by atoms with Crippen LogP contribution in [0.5, 0.6) is 0 Å². The highest BCUT2D eigenvalue weighted by atomic mass is 32.2. The topological polar surface area (TPSA) is 12.0 Å². The molecule has 0 aliphatic carbocycles. The van der Waals surface area contributed by atoms with Crippen LogP contribution >= 0.6 is 11.9 Å². The molecule has 1 N–H and O–H groups in total. The fourth-order valence-corrected chi connectivity index (χ4v) is 2.45. The molecule has 0 aliphatic heterocycles. The van der Waals surface area contributed by atoms with E-state index in [0.29, 0.717) is 5.69 Å². The zero-order valence-corrected chi connectivity index (χ0v) is 11.6. The van der Waals surface area contributed by atoms with Crippen LogP contribution in [0.4, 0.5) is 14.5 Å². The summed E-state index contributed by atoms with van der Waals surface area (Å²) in [7, 11) is 0. The predicted octanol–water partition coefficient (Wildman–Crippen LogP) is 5.21. The van der Waals surface area contributed by atoms with Gasteiger partial charge in [0.25, 0.3) is 0 Å². The van der Waals surface area contributed by atoms with Crippen LogP contribution in [0.3, 0.4) is 0 Å². The largest absolute Gasteiger partial charge is 0.325 e. The highest BCUT2D eigenvalue weighted by molar-refractivity contribution is 8.00. The fraction of sp³-hybridized carbons (Fsp3) is 0.200. The summed E-state index contributed by atoms with van der Waals surface area (Å²) in [6, 6.07) is 12.2. The van der Waals surface area contributed by atoms with E-state index in [1.807, 2.05) is 30.3 Å². The van der Waals surface area contributed by atoms with E-state index in [1.54, 1.807) is 13.8 Å². The van der Waals surface area contributed by atoms with Crippen molar-refractivity contribution in [3.8, 4) is 0 Å². The van der Waals surface area contributed by atoms with Crippen molar-refractivity contribution in [3.63, 3.8) is 0 Å². The standard InChI is InChI=1S/C15H15F2NS/c1-10(2)15-13(16)8-11(9-14(15)17)18-19-12-6-4-3-5-7-12/h3-10,18H,1-2H3. The number of anilines is 1. The van der Waals surface area contributed by atoms with E-state index in [2.05, 4.69) is 4.72 Å². The molecule has 2 rings (SSSR count). The summed E-state index contributed by atoms with van der Waals surface area (Å²) >= 11 is 1.32. The Morgan fingerprint density at radius 1 is 1.00 bits per heavy atom. The van der Waals surface area contributed by atoms with Crippen LogP contribution in [0.15, 0.2) is 47.4 Å². The van der Waals surface area contributed by atoms with E-state index in [1.165, 1.54) is 24.1 Å². The zero-order chi connectivity index (χ0) is 13.8. The first-order valence-electron chi connectivity index (χ1n) is 6.04. The third-order valence-electron chi connectivity index (χ3n) is 2.69. The minimum absolute atomic E-state index is 0.135. The minimum Gasteiger partial charge on any atom is -0.325 e. The summed E-state index contributed by atoms with van der Waals surface area (Å²) in [6.07, 6.45) is 0. The molecule has 0 spiro atoms. The second-order valence-corrected chi connectivity index (χ2v) is 5.41. The van der Waals surface area contributed by atoms with Crippen LogP contribution in [0, 0.1) is 11.6 Å². The van der Waals surface area contributed by atoms with Gasteiger partial charge in [0.1, 0.15) is 11.6 Å². The number of rotatable bonds is 4. The molecule has 1 nitrogen and oxygen atoms in total. The molecule has 0 amide bonds. The number of benzene rings is 2.